The smallest absolute Gasteiger partial charge is 0.320 e. The summed E-state index contributed by atoms with van der Waals surface area (Å²) in [6, 6.07) is 10.8. The van der Waals surface area contributed by atoms with Crippen molar-refractivity contribution in [3.8, 4) is 0 Å². The minimum Gasteiger partial charge on any atom is -0.394 e. The normalized spacial score (nSPS) is 16.5. The van der Waals surface area contributed by atoms with E-state index in [0.29, 0.717) is 11.9 Å². The quantitative estimate of drug-likeness (QED) is 0.788. The Morgan fingerprint density at radius 2 is 1.96 bits per heavy atom. The number of benzene rings is 1. The molecule has 2 aromatic rings. The Morgan fingerprint density at radius 1 is 1.21 bits per heavy atom. The van der Waals surface area contributed by atoms with E-state index in [-0.39, 0.29) is 12.6 Å². The zero-order valence-corrected chi connectivity index (χ0v) is 13.7. The largest absolute Gasteiger partial charge is 0.394 e. The van der Waals surface area contributed by atoms with E-state index in [9.17, 15) is 9.90 Å². The van der Waals surface area contributed by atoms with Crippen LogP contribution in [0.5, 0.6) is 0 Å². The molecule has 6 heteroatoms. The van der Waals surface area contributed by atoms with Crippen LogP contribution in [0, 0.1) is 0 Å². The van der Waals surface area contributed by atoms with Gasteiger partial charge >= 0.3 is 6.03 Å². The first kappa shape index (κ1) is 16.5. The maximum atomic E-state index is 12.3. The van der Waals surface area contributed by atoms with Gasteiger partial charge in [-0.1, -0.05) is 49.6 Å². The third-order valence-corrected chi connectivity index (χ3v) is 4.52. The molecule has 0 saturated heterocycles. The van der Waals surface area contributed by atoms with Gasteiger partial charge in [0.05, 0.1) is 24.9 Å². The number of aliphatic hydroxyl groups is 1. The minimum atomic E-state index is -0.433. The van der Waals surface area contributed by atoms with Crippen LogP contribution in [-0.2, 0) is 0 Å². The van der Waals surface area contributed by atoms with Gasteiger partial charge in [-0.05, 0) is 18.4 Å². The number of aromatic nitrogens is 2. The van der Waals surface area contributed by atoms with Gasteiger partial charge < -0.3 is 10.4 Å². The Hall–Kier alpha value is -2.34. The van der Waals surface area contributed by atoms with Crippen LogP contribution >= 0.6 is 0 Å². The molecule has 24 heavy (non-hydrogen) atoms. The van der Waals surface area contributed by atoms with E-state index in [2.05, 4.69) is 15.7 Å². The first-order valence-electron chi connectivity index (χ1n) is 8.55. The van der Waals surface area contributed by atoms with Crippen molar-refractivity contribution < 1.29 is 9.90 Å². The number of rotatable bonds is 5. The van der Waals surface area contributed by atoms with E-state index in [1.54, 1.807) is 6.20 Å². The number of hydrogen-bond donors (Lipinski definition) is 3. The van der Waals surface area contributed by atoms with Crippen molar-refractivity contribution in [2.75, 3.05) is 11.9 Å². The lowest BCUT2D eigenvalue weighted by Crippen LogP contribution is -2.35. The van der Waals surface area contributed by atoms with E-state index in [1.807, 2.05) is 41.1 Å². The SMILES string of the molecule is O=C(Nc1ccnn1C1CCCCC1)NC(CO)c1ccccc1. The third-order valence-electron chi connectivity index (χ3n) is 4.52. The summed E-state index contributed by atoms with van der Waals surface area (Å²) >= 11 is 0. The molecule has 1 aromatic carbocycles. The van der Waals surface area contributed by atoms with Crippen molar-refractivity contribution in [3.63, 3.8) is 0 Å². The van der Waals surface area contributed by atoms with Gasteiger partial charge in [0.2, 0.25) is 0 Å². The number of aliphatic hydroxyl groups excluding tert-OH is 1. The third kappa shape index (κ3) is 3.94. The van der Waals surface area contributed by atoms with Gasteiger partial charge in [0.25, 0.3) is 0 Å². The summed E-state index contributed by atoms with van der Waals surface area (Å²) in [7, 11) is 0. The highest BCUT2D eigenvalue weighted by molar-refractivity contribution is 5.88. The molecule has 128 valence electrons. The van der Waals surface area contributed by atoms with E-state index in [1.165, 1.54) is 19.3 Å². The molecule has 0 radical (unpaired) electrons. The molecule has 0 bridgehead atoms. The van der Waals surface area contributed by atoms with Crippen LogP contribution < -0.4 is 10.6 Å². The number of hydrogen-bond acceptors (Lipinski definition) is 3. The fourth-order valence-electron chi connectivity index (χ4n) is 3.26. The fourth-order valence-corrected chi connectivity index (χ4v) is 3.26. The molecule has 1 heterocycles. The topological polar surface area (TPSA) is 79.2 Å². The molecule has 2 amide bonds. The van der Waals surface area contributed by atoms with Crippen LogP contribution in [0.2, 0.25) is 0 Å². The summed E-state index contributed by atoms with van der Waals surface area (Å²) in [5.74, 6) is 0.698. The standard InChI is InChI=1S/C18H24N4O2/c23-13-16(14-7-3-1-4-8-14)20-18(24)21-17-11-12-19-22(17)15-9-5-2-6-10-15/h1,3-4,7-8,11-12,15-16,23H,2,5-6,9-10,13H2,(H2,20,21,24). The van der Waals surface area contributed by atoms with Gasteiger partial charge in [-0.3, -0.25) is 5.32 Å². The van der Waals surface area contributed by atoms with Gasteiger partial charge in [0.15, 0.2) is 0 Å². The first-order valence-corrected chi connectivity index (χ1v) is 8.55. The number of anilines is 1. The van der Waals surface area contributed by atoms with Crippen molar-refractivity contribution in [1.29, 1.82) is 0 Å². The van der Waals surface area contributed by atoms with E-state index >= 15 is 0 Å². The van der Waals surface area contributed by atoms with Gasteiger partial charge in [-0.2, -0.15) is 5.10 Å². The fraction of sp³-hybridized carbons (Fsp3) is 0.444. The van der Waals surface area contributed by atoms with Crippen LogP contribution in [0.3, 0.4) is 0 Å². The van der Waals surface area contributed by atoms with Gasteiger partial charge in [0.1, 0.15) is 5.82 Å². The van der Waals surface area contributed by atoms with E-state index in [4.69, 9.17) is 0 Å². The molecule has 1 aromatic heterocycles. The number of nitrogens with zero attached hydrogens (tertiary/aromatic N) is 2. The number of nitrogens with one attached hydrogen (secondary N) is 2. The monoisotopic (exact) mass is 328 g/mol. The highest BCUT2D eigenvalue weighted by Gasteiger charge is 2.20. The van der Waals surface area contributed by atoms with Crippen LogP contribution in [0.1, 0.15) is 49.8 Å². The first-order chi connectivity index (χ1) is 11.8. The average Bonchev–Trinajstić information content (AvgIpc) is 3.09. The molecule has 1 atom stereocenters. The zero-order valence-electron chi connectivity index (χ0n) is 13.7. The Kier molecular flexibility index (Phi) is 5.48. The minimum absolute atomic E-state index is 0.153. The van der Waals surface area contributed by atoms with Crippen LogP contribution in [0.15, 0.2) is 42.6 Å². The van der Waals surface area contributed by atoms with Crippen LogP contribution in [-0.4, -0.2) is 27.5 Å². The van der Waals surface area contributed by atoms with Crippen LogP contribution in [0.25, 0.3) is 0 Å². The lowest BCUT2D eigenvalue weighted by atomic mass is 9.96. The summed E-state index contributed by atoms with van der Waals surface area (Å²) < 4.78 is 1.91. The molecule has 0 aliphatic heterocycles. The predicted molar refractivity (Wildman–Crippen MR) is 92.8 cm³/mol. The molecule has 1 unspecified atom stereocenters. The molecule has 3 N–H and O–H groups in total. The molecule has 1 aliphatic carbocycles. The molecule has 0 spiro atoms. The highest BCUT2D eigenvalue weighted by Crippen LogP contribution is 2.29. The Bertz CT molecular complexity index is 650. The molecule has 1 saturated carbocycles. The lowest BCUT2D eigenvalue weighted by molar-refractivity contribution is 0.225. The van der Waals surface area contributed by atoms with Gasteiger partial charge in [-0.15, -0.1) is 0 Å². The molecule has 3 rings (SSSR count). The van der Waals surface area contributed by atoms with Crippen molar-refractivity contribution in [2.45, 2.75) is 44.2 Å². The summed E-state index contributed by atoms with van der Waals surface area (Å²) in [6.45, 7) is -0.153. The maximum Gasteiger partial charge on any atom is 0.320 e. The van der Waals surface area contributed by atoms with E-state index in [0.717, 1.165) is 18.4 Å². The molecular weight excluding hydrogens is 304 g/mol. The Labute approximate surface area is 141 Å². The molecule has 1 fully saturated rings. The maximum absolute atomic E-state index is 12.3. The van der Waals surface area contributed by atoms with Crippen molar-refractivity contribution in [1.82, 2.24) is 15.1 Å². The lowest BCUT2D eigenvalue weighted by Gasteiger charge is -2.24. The van der Waals surface area contributed by atoms with Crippen molar-refractivity contribution in [3.05, 3.63) is 48.2 Å². The molecular formula is C18H24N4O2. The van der Waals surface area contributed by atoms with Crippen molar-refractivity contribution in [2.24, 2.45) is 0 Å². The highest BCUT2D eigenvalue weighted by atomic mass is 16.3. The summed E-state index contributed by atoms with van der Waals surface area (Å²) in [5, 5.41) is 19.6. The Balaban J connectivity index is 1.63. The number of urea groups is 1. The molecule has 1 aliphatic rings. The van der Waals surface area contributed by atoms with Gasteiger partial charge in [0, 0.05) is 6.07 Å². The van der Waals surface area contributed by atoms with Gasteiger partial charge in [-0.25, -0.2) is 9.48 Å². The summed E-state index contributed by atoms with van der Waals surface area (Å²) in [4.78, 5) is 12.3. The van der Waals surface area contributed by atoms with E-state index < -0.39 is 6.04 Å². The molecule has 6 nitrogen and oxygen atoms in total. The average molecular weight is 328 g/mol. The Morgan fingerprint density at radius 3 is 2.67 bits per heavy atom. The number of amides is 2. The summed E-state index contributed by atoms with van der Waals surface area (Å²) in [5.41, 5.74) is 0.871. The summed E-state index contributed by atoms with van der Waals surface area (Å²) in [6.07, 6.45) is 7.59. The number of carbonyl (C=O) groups excluding carboxylic acids is 1. The van der Waals surface area contributed by atoms with Crippen molar-refractivity contribution >= 4 is 11.8 Å². The second kappa shape index (κ2) is 7.97. The second-order valence-electron chi connectivity index (χ2n) is 6.20. The zero-order chi connectivity index (χ0) is 16.8. The van der Waals surface area contributed by atoms with Crippen LogP contribution in [0.4, 0.5) is 10.6 Å². The predicted octanol–water partition coefficient (Wildman–Crippen LogP) is 3.24. The number of carbonyl (C=O) groups is 1. The second-order valence-corrected chi connectivity index (χ2v) is 6.20.